The van der Waals surface area contributed by atoms with Crippen LogP contribution in [0.15, 0.2) is 36.5 Å². The number of carbonyl (C=O) groups is 1. The summed E-state index contributed by atoms with van der Waals surface area (Å²) in [5.74, 6) is -2.29. The van der Waals surface area contributed by atoms with E-state index in [-0.39, 0.29) is 11.1 Å². The first-order valence-corrected chi connectivity index (χ1v) is 7.92. The number of benzene rings is 1. The first kappa shape index (κ1) is 16.2. The lowest BCUT2D eigenvalue weighted by molar-refractivity contribution is 0.102. The number of amides is 1. The normalized spacial score (nSPS) is 10.7. The molecule has 0 atom stereocenters. The first-order chi connectivity index (χ1) is 11.4. The van der Waals surface area contributed by atoms with Crippen LogP contribution in [0.5, 0.6) is 0 Å². The van der Waals surface area contributed by atoms with Crippen LogP contribution in [0.4, 0.5) is 14.6 Å². The summed E-state index contributed by atoms with van der Waals surface area (Å²) in [7, 11) is 0. The van der Waals surface area contributed by atoms with Crippen LogP contribution in [0.25, 0.3) is 10.4 Å². The van der Waals surface area contributed by atoms with E-state index < -0.39 is 17.5 Å². The maximum atomic E-state index is 14.1. The molecule has 0 aliphatic carbocycles. The lowest BCUT2D eigenvalue weighted by atomic mass is 10.1. The summed E-state index contributed by atoms with van der Waals surface area (Å²) in [5.41, 5.74) is 0.764. The standard InChI is InChI=1S/C17H13F2N3OS/c1-9-4-3-5-15(21-9)22-17(23)11-6-12(16(19)13(18)7-11)14-8-20-10(2)24-14/h3-8H,1-2H3,(H,21,22,23). The van der Waals surface area contributed by atoms with E-state index in [4.69, 9.17) is 0 Å². The van der Waals surface area contributed by atoms with Gasteiger partial charge in [0.15, 0.2) is 11.6 Å². The second-order valence-corrected chi connectivity index (χ2v) is 6.42. The van der Waals surface area contributed by atoms with Crippen LogP contribution >= 0.6 is 11.3 Å². The van der Waals surface area contributed by atoms with Crippen molar-refractivity contribution in [1.29, 1.82) is 0 Å². The molecule has 2 aromatic heterocycles. The second kappa shape index (κ2) is 6.45. The van der Waals surface area contributed by atoms with Gasteiger partial charge in [-0.15, -0.1) is 11.3 Å². The van der Waals surface area contributed by atoms with Gasteiger partial charge in [-0.2, -0.15) is 0 Å². The van der Waals surface area contributed by atoms with Crippen molar-refractivity contribution in [3.8, 4) is 10.4 Å². The molecule has 1 N–H and O–H groups in total. The quantitative estimate of drug-likeness (QED) is 0.768. The minimum atomic E-state index is -1.08. The van der Waals surface area contributed by atoms with Crippen molar-refractivity contribution in [2.45, 2.75) is 13.8 Å². The van der Waals surface area contributed by atoms with Gasteiger partial charge in [0.2, 0.25) is 0 Å². The molecule has 0 unspecified atom stereocenters. The van der Waals surface area contributed by atoms with E-state index in [0.717, 1.165) is 16.8 Å². The maximum absolute atomic E-state index is 14.1. The van der Waals surface area contributed by atoms with Crippen LogP contribution in [-0.4, -0.2) is 15.9 Å². The molecule has 1 amide bonds. The summed E-state index contributed by atoms with van der Waals surface area (Å²) in [6.07, 6.45) is 1.46. The highest BCUT2D eigenvalue weighted by atomic mass is 32.1. The molecular weight excluding hydrogens is 332 g/mol. The number of aromatic nitrogens is 2. The van der Waals surface area contributed by atoms with Crippen LogP contribution in [0.2, 0.25) is 0 Å². The van der Waals surface area contributed by atoms with Gasteiger partial charge < -0.3 is 5.32 Å². The molecule has 0 fully saturated rings. The third-order valence-corrected chi connectivity index (χ3v) is 4.25. The van der Waals surface area contributed by atoms with Crippen LogP contribution in [0.1, 0.15) is 21.1 Å². The average molecular weight is 345 g/mol. The second-order valence-electron chi connectivity index (χ2n) is 5.18. The van der Waals surface area contributed by atoms with Gasteiger partial charge in [-0.1, -0.05) is 6.07 Å². The van der Waals surface area contributed by atoms with Crippen molar-refractivity contribution < 1.29 is 13.6 Å². The highest BCUT2D eigenvalue weighted by molar-refractivity contribution is 7.15. The molecule has 0 radical (unpaired) electrons. The van der Waals surface area contributed by atoms with Gasteiger partial charge >= 0.3 is 0 Å². The molecule has 0 spiro atoms. The van der Waals surface area contributed by atoms with Crippen LogP contribution in [0.3, 0.4) is 0 Å². The molecule has 7 heteroatoms. The monoisotopic (exact) mass is 345 g/mol. The molecule has 122 valence electrons. The molecule has 24 heavy (non-hydrogen) atoms. The number of aryl methyl sites for hydroxylation is 2. The van der Waals surface area contributed by atoms with Crippen molar-refractivity contribution in [3.63, 3.8) is 0 Å². The van der Waals surface area contributed by atoms with E-state index in [1.165, 1.54) is 23.6 Å². The third-order valence-electron chi connectivity index (χ3n) is 3.31. The molecule has 0 saturated carbocycles. The van der Waals surface area contributed by atoms with Crippen molar-refractivity contribution in [2.24, 2.45) is 0 Å². The number of rotatable bonds is 3. The van der Waals surface area contributed by atoms with E-state index in [1.54, 1.807) is 32.0 Å². The summed E-state index contributed by atoms with van der Waals surface area (Å²) in [6.45, 7) is 3.56. The highest BCUT2D eigenvalue weighted by Gasteiger charge is 2.18. The van der Waals surface area contributed by atoms with Crippen LogP contribution in [0, 0.1) is 25.5 Å². The summed E-state index contributed by atoms with van der Waals surface area (Å²) in [6, 6.07) is 7.35. The topological polar surface area (TPSA) is 54.9 Å². The Morgan fingerprint density at radius 1 is 1.21 bits per heavy atom. The number of halogens is 2. The number of anilines is 1. The van der Waals surface area contributed by atoms with Gasteiger partial charge in [-0.05, 0) is 38.1 Å². The fourth-order valence-corrected chi connectivity index (χ4v) is 2.97. The molecule has 2 heterocycles. The molecule has 0 saturated heterocycles. The summed E-state index contributed by atoms with van der Waals surface area (Å²) in [5, 5.41) is 3.30. The Hall–Kier alpha value is -2.67. The zero-order valence-corrected chi connectivity index (χ0v) is 13.7. The Labute approximate surface area is 141 Å². The number of hydrogen-bond donors (Lipinski definition) is 1. The van der Waals surface area contributed by atoms with Gasteiger partial charge in [0.05, 0.1) is 9.88 Å². The Kier molecular flexibility index (Phi) is 4.35. The maximum Gasteiger partial charge on any atom is 0.256 e. The van der Waals surface area contributed by atoms with Crippen molar-refractivity contribution in [1.82, 2.24) is 9.97 Å². The minimum Gasteiger partial charge on any atom is -0.307 e. The van der Waals surface area contributed by atoms with Gasteiger partial charge in [-0.25, -0.2) is 18.7 Å². The fourth-order valence-electron chi connectivity index (χ4n) is 2.19. The SMILES string of the molecule is Cc1cccc(NC(=O)c2cc(F)c(F)c(-c3cnc(C)s3)c2)n1. The summed E-state index contributed by atoms with van der Waals surface area (Å²) < 4.78 is 28.0. The molecule has 0 aliphatic rings. The van der Waals surface area contributed by atoms with Crippen LogP contribution < -0.4 is 5.32 Å². The Balaban J connectivity index is 1.96. The largest absolute Gasteiger partial charge is 0.307 e. The average Bonchev–Trinajstić information content (AvgIpc) is 2.96. The van der Waals surface area contributed by atoms with Crippen LogP contribution in [-0.2, 0) is 0 Å². The fraction of sp³-hybridized carbons (Fsp3) is 0.118. The minimum absolute atomic E-state index is 0.0123. The van der Waals surface area contributed by atoms with Gasteiger partial charge in [0.25, 0.3) is 5.91 Å². The predicted octanol–water partition coefficient (Wildman–Crippen LogP) is 4.35. The Bertz CT molecular complexity index is 924. The lowest BCUT2D eigenvalue weighted by Crippen LogP contribution is -2.14. The van der Waals surface area contributed by atoms with E-state index in [1.807, 2.05) is 0 Å². The zero-order valence-electron chi connectivity index (χ0n) is 12.9. The molecule has 4 nitrogen and oxygen atoms in total. The molecular formula is C17H13F2N3OS. The van der Waals surface area contributed by atoms with E-state index in [0.29, 0.717) is 10.7 Å². The zero-order chi connectivity index (χ0) is 17.3. The molecule has 3 aromatic rings. The molecule has 1 aromatic carbocycles. The van der Waals surface area contributed by atoms with Crippen molar-refractivity contribution in [2.75, 3.05) is 5.32 Å². The number of nitrogens with one attached hydrogen (secondary N) is 1. The number of pyridine rings is 1. The van der Waals surface area contributed by atoms with E-state index >= 15 is 0 Å². The summed E-state index contributed by atoms with van der Waals surface area (Å²) in [4.78, 5) is 21.0. The first-order valence-electron chi connectivity index (χ1n) is 7.11. The lowest BCUT2D eigenvalue weighted by Gasteiger charge is -2.08. The van der Waals surface area contributed by atoms with E-state index in [9.17, 15) is 13.6 Å². The molecule has 0 aliphatic heterocycles. The molecule has 3 rings (SSSR count). The van der Waals surface area contributed by atoms with Crippen molar-refractivity contribution >= 4 is 23.1 Å². The van der Waals surface area contributed by atoms with Gasteiger partial charge in [0.1, 0.15) is 5.82 Å². The summed E-state index contributed by atoms with van der Waals surface area (Å²) >= 11 is 1.23. The Morgan fingerprint density at radius 2 is 2.00 bits per heavy atom. The third kappa shape index (κ3) is 3.30. The van der Waals surface area contributed by atoms with Gasteiger partial charge in [-0.3, -0.25) is 4.79 Å². The number of hydrogen-bond acceptors (Lipinski definition) is 4. The number of carbonyl (C=O) groups excluding carboxylic acids is 1. The van der Waals surface area contributed by atoms with E-state index in [2.05, 4.69) is 15.3 Å². The smallest absolute Gasteiger partial charge is 0.256 e. The van der Waals surface area contributed by atoms with Crippen molar-refractivity contribution in [3.05, 3.63) is 64.4 Å². The molecule has 0 bridgehead atoms. The number of thiazole rings is 1. The van der Waals surface area contributed by atoms with Gasteiger partial charge in [0, 0.05) is 23.0 Å². The predicted molar refractivity (Wildman–Crippen MR) is 89.1 cm³/mol. The number of nitrogens with zero attached hydrogens (tertiary/aromatic N) is 2. The highest BCUT2D eigenvalue weighted by Crippen LogP contribution is 2.30. The Morgan fingerprint density at radius 3 is 2.67 bits per heavy atom.